The summed E-state index contributed by atoms with van der Waals surface area (Å²) in [7, 11) is 1.82. The molecule has 3 heteroatoms. The van der Waals surface area contributed by atoms with Gasteiger partial charge in [0, 0.05) is 13.5 Å². The van der Waals surface area contributed by atoms with Crippen molar-refractivity contribution in [2.75, 3.05) is 13.8 Å². The van der Waals surface area contributed by atoms with Crippen LogP contribution in [-0.2, 0) is 9.47 Å². The van der Waals surface area contributed by atoms with Crippen molar-refractivity contribution in [3.8, 4) is 0 Å². The highest BCUT2D eigenvalue weighted by Gasteiger charge is 2.12. The standard InChI is InChI=1S/C6H11NO2/c1-3-5-6(7-2)9-4-8-5/h7H,3-4H2,1-2H3. The number of allylic oxidation sites excluding steroid dienone is 1. The molecule has 0 saturated carbocycles. The molecule has 9 heavy (non-hydrogen) atoms. The van der Waals surface area contributed by atoms with Gasteiger partial charge in [0.2, 0.25) is 12.7 Å². The van der Waals surface area contributed by atoms with Crippen molar-refractivity contribution in [1.82, 2.24) is 5.32 Å². The Labute approximate surface area is 54.6 Å². The second kappa shape index (κ2) is 2.62. The van der Waals surface area contributed by atoms with Crippen molar-refractivity contribution in [3.05, 3.63) is 11.6 Å². The summed E-state index contributed by atoms with van der Waals surface area (Å²) in [5.41, 5.74) is 0. The van der Waals surface area contributed by atoms with Gasteiger partial charge in [-0.3, -0.25) is 0 Å². The summed E-state index contributed by atoms with van der Waals surface area (Å²) in [5.74, 6) is 1.69. The van der Waals surface area contributed by atoms with Crippen molar-refractivity contribution in [2.45, 2.75) is 13.3 Å². The van der Waals surface area contributed by atoms with Crippen LogP contribution in [0.4, 0.5) is 0 Å². The Hall–Kier alpha value is -0.860. The summed E-state index contributed by atoms with van der Waals surface area (Å²) in [6.07, 6.45) is 0.885. The van der Waals surface area contributed by atoms with Gasteiger partial charge in [-0.15, -0.1) is 0 Å². The third-order valence-electron chi connectivity index (χ3n) is 1.24. The number of nitrogens with one attached hydrogen (secondary N) is 1. The number of rotatable bonds is 2. The molecule has 1 rings (SSSR count). The molecule has 0 saturated heterocycles. The monoisotopic (exact) mass is 129 g/mol. The fourth-order valence-corrected chi connectivity index (χ4v) is 0.780. The molecule has 52 valence electrons. The zero-order chi connectivity index (χ0) is 6.69. The Balaban J connectivity index is 2.59. The fraction of sp³-hybridized carbons (Fsp3) is 0.667. The molecule has 0 spiro atoms. The van der Waals surface area contributed by atoms with Crippen molar-refractivity contribution in [2.24, 2.45) is 0 Å². The molecule has 1 heterocycles. The fourth-order valence-electron chi connectivity index (χ4n) is 0.780. The summed E-state index contributed by atoms with van der Waals surface area (Å²) in [6, 6.07) is 0. The smallest absolute Gasteiger partial charge is 0.232 e. The highest BCUT2D eigenvalue weighted by molar-refractivity contribution is 5.00. The minimum absolute atomic E-state index is 0.360. The maximum atomic E-state index is 5.10. The first-order chi connectivity index (χ1) is 4.38. The predicted molar refractivity (Wildman–Crippen MR) is 33.4 cm³/mol. The molecular formula is C6H11NO2. The first kappa shape index (κ1) is 6.26. The Morgan fingerprint density at radius 3 is 2.78 bits per heavy atom. The zero-order valence-corrected chi connectivity index (χ0v) is 5.73. The van der Waals surface area contributed by atoms with Gasteiger partial charge in [-0.25, -0.2) is 0 Å². The largest absolute Gasteiger partial charge is 0.456 e. The topological polar surface area (TPSA) is 30.5 Å². The molecule has 0 unspecified atom stereocenters. The van der Waals surface area contributed by atoms with Crippen LogP contribution in [0.2, 0.25) is 0 Å². The normalized spacial score (nSPS) is 17.1. The molecule has 3 nitrogen and oxygen atoms in total. The highest BCUT2D eigenvalue weighted by Crippen LogP contribution is 2.15. The molecule has 0 aliphatic carbocycles. The molecule has 0 aromatic heterocycles. The van der Waals surface area contributed by atoms with E-state index in [1.165, 1.54) is 0 Å². The molecule has 0 radical (unpaired) electrons. The number of hydrogen-bond acceptors (Lipinski definition) is 3. The van der Waals surface area contributed by atoms with E-state index >= 15 is 0 Å². The Bertz CT molecular complexity index is 117. The zero-order valence-electron chi connectivity index (χ0n) is 5.73. The molecule has 0 amide bonds. The van der Waals surface area contributed by atoms with Crippen LogP contribution in [0.15, 0.2) is 11.6 Å². The Kier molecular flexibility index (Phi) is 1.82. The lowest BCUT2D eigenvalue weighted by molar-refractivity contribution is 0.0655. The van der Waals surface area contributed by atoms with Crippen LogP contribution >= 0.6 is 0 Å². The van der Waals surface area contributed by atoms with Crippen LogP contribution in [0.5, 0.6) is 0 Å². The van der Waals surface area contributed by atoms with E-state index in [1.807, 2.05) is 14.0 Å². The van der Waals surface area contributed by atoms with Gasteiger partial charge in [0.25, 0.3) is 0 Å². The van der Waals surface area contributed by atoms with Gasteiger partial charge in [-0.2, -0.15) is 0 Å². The maximum Gasteiger partial charge on any atom is 0.232 e. The van der Waals surface area contributed by atoms with Crippen molar-refractivity contribution < 1.29 is 9.47 Å². The van der Waals surface area contributed by atoms with Gasteiger partial charge in [0.1, 0.15) is 0 Å². The van der Waals surface area contributed by atoms with Crippen LogP contribution in [0, 0.1) is 0 Å². The van der Waals surface area contributed by atoms with E-state index < -0.39 is 0 Å². The van der Waals surface area contributed by atoms with Gasteiger partial charge in [0.05, 0.1) is 0 Å². The van der Waals surface area contributed by atoms with E-state index in [2.05, 4.69) is 5.32 Å². The van der Waals surface area contributed by atoms with E-state index in [9.17, 15) is 0 Å². The first-order valence-corrected chi connectivity index (χ1v) is 3.05. The third kappa shape index (κ3) is 1.09. The van der Waals surface area contributed by atoms with Crippen LogP contribution in [0.25, 0.3) is 0 Å². The van der Waals surface area contributed by atoms with Gasteiger partial charge < -0.3 is 14.8 Å². The van der Waals surface area contributed by atoms with Gasteiger partial charge in [0.15, 0.2) is 5.76 Å². The predicted octanol–water partition coefficient (Wildman–Crippen LogP) is 0.789. The lowest BCUT2D eigenvalue weighted by atomic mass is 10.4. The van der Waals surface area contributed by atoms with Crippen molar-refractivity contribution >= 4 is 0 Å². The average molecular weight is 129 g/mol. The highest BCUT2D eigenvalue weighted by atomic mass is 16.7. The lowest BCUT2D eigenvalue weighted by Crippen LogP contribution is -2.06. The summed E-state index contributed by atoms with van der Waals surface area (Å²) < 4.78 is 10.2. The van der Waals surface area contributed by atoms with E-state index in [-0.39, 0.29) is 0 Å². The van der Waals surface area contributed by atoms with Crippen LogP contribution in [0.3, 0.4) is 0 Å². The molecule has 0 aromatic carbocycles. The molecule has 0 aromatic rings. The van der Waals surface area contributed by atoms with Crippen molar-refractivity contribution in [1.29, 1.82) is 0 Å². The second-order valence-electron chi connectivity index (χ2n) is 1.76. The van der Waals surface area contributed by atoms with Gasteiger partial charge in [-0.05, 0) is 0 Å². The average Bonchev–Trinajstić information content (AvgIpc) is 2.33. The summed E-state index contributed by atoms with van der Waals surface area (Å²) in [6.45, 7) is 2.39. The number of ether oxygens (including phenoxy) is 2. The van der Waals surface area contributed by atoms with E-state index in [4.69, 9.17) is 9.47 Å². The summed E-state index contributed by atoms with van der Waals surface area (Å²) in [5, 5.41) is 2.90. The van der Waals surface area contributed by atoms with Crippen LogP contribution in [-0.4, -0.2) is 13.8 Å². The van der Waals surface area contributed by atoms with Crippen molar-refractivity contribution in [3.63, 3.8) is 0 Å². The summed E-state index contributed by atoms with van der Waals surface area (Å²) >= 11 is 0. The minimum Gasteiger partial charge on any atom is -0.456 e. The molecule has 0 atom stereocenters. The maximum absolute atomic E-state index is 5.10. The SMILES string of the molecule is CCC1=C(NC)OCO1. The Morgan fingerprint density at radius 2 is 2.33 bits per heavy atom. The third-order valence-corrected chi connectivity index (χ3v) is 1.24. The molecule has 1 aliphatic heterocycles. The summed E-state index contributed by atoms with van der Waals surface area (Å²) in [4.78, 5) is 0. The van der Waals surface area contributed by atoms with Gasteiger partial charge >= 0.3 is 0 Å². The van der Waals surface area contributed by atoms with E-state index in [0.717, 1.165) is 18.1 Å². The van der Waals surface area contributed by atoms with E-state index in [1.54, 1.807) is 0 Å². The van der Waals surface area contributed by atoms with Crippen LogP contribution < -0.4 is 5.32 Å². The minimum atomic E-state index is 0.360. The molecule has 0 fully saturated rings. The second-order valence-corrected chi connectivity index (χ2v) is 1.76. The number of hydrogen-bond donors (Lipinski definition) is 1. The van der Waals surface area contributed by atoms with Crippen LogP contribution in [0.1, 0.15) is 13.3 Å². The Morgan fingerprint density at radius 1 is 1.56 bits per heavy atom. The molecule has 0 bridgehead atoms. The first-order valence-electron chi connectivity index (χ1n) is 3.05. The molecular weight excluding hydrogens is 118 g/mol. The quantitative estimate of drug-likeness (QED) is 0.598. The van der Waals surface area contributed by atoms with Gasteiger partial charge in [-0.1, -0.05) is 6.92 Å². The van der Waals surface area contributed by atoms with E-state index in [0.29, 0.717) is 6.79 Å². The lowest BCUT2D eigenvalue weighted by Gasteiger charge is -1.97. The molecule has 1 N–H and O–H groups in total. The molecule has 1 aliphatic rings.